The molecular formula is C7H8N6O. The summed E-state index contributed by atoms with van der Waals surface area (Å²) in [6.07, 6.45) is 2.78. The Morgan fingerprint density at radius 1 is 1.43 bits per heavy atom. The summed E-state index contributed by atoms with van der Waals surface area (Å²) in [5.74, 6) is -0.167. The van der Waals surface area contributed by atoms with Gasteiger partial charge in [0.25, 0.3) is 0 Å². The Morgan fingerprint density at radius 2 is 2.21 bits per heavy atom. The van der Waals surface area contributed by atoms with E-state index in [4.69, 9.17) is 11.5 Å². The highest BCUT2D eigenvalue weighted by Gasteiger charge is 2.08. The highest BCUT2D eigenvalue weighted by Crippen LogP contribution is 2.13. The molecule has 0 saturated carbocycles. The topological polar surface area (TPSA) is 113 Å². The van der Waals surface area contributed by atoms with E-state index in [1.807, 2.05) is 0 Å². The van der Waals surface area contributed by atoms with Gasteiger partial charge >= 0.3 is 0 Å². The Morgan fingerprint density at radius 3 is 2.93 bits per heavy atom. The number of hydrogen-bond acceptors (Lipinski definition) is 5. The van der Waals surface area contributed by atoms with Crippen molar-refractivity contribution in [3.8, 4) is 0 Å². The summed E-state index contributed by atoms with van der Waals surface area (Å²) in [5.41, 5.74) is 11.6. The first-order valence-corrected chi connectivity index (χ1v) is 3.88. The molecule has 0 radical (unpaired) electrons. The maximum absolute atomic E-state index is 10.7. The molecule has 7 heteroatoms. The molecule has 0 aliphatic heterocycles. The van der Waals surface area contributed by atoms with Crippen molar-refractivity contribution in [2.45, 2.75) is 6.54 Å². The minimum absolute atomic E-state index is 0.0347. The first-order valence-electron chi connectivity index (χ1n) is 3.88. The lowest BCUT2D eigenvalue weighted by Gasteiger charge is -1.98. The van der Waals surface area contributed by atoms with Crippen LogP contribution in [0.15, 0.2) is 12.7 Å². The predicted octanol–water partition coefficient (Wildman–Crippen LogP) is -1.11. The molecule has 0 aliphatic rings. The van der Waals surface area contributed by atoms with Crippen LogP contribution in [0.3, 0.4) is 0 Å². The largest absolute Gasteiger partial charge is 0.382 e. The third kappa shape index (κ3) is 1.24. The van der Waals surface area contributed by atoms with E-state index in [1.54, 1.807) is 0 Å². The van der Waals surface area contributed by atoms with Crippen LogP contribution in [0.25, 0.3) is 11.2 Å². The molecular weight excluding hydrogens is 184 g/mol. The number of imidazole rings is 1. The Hall–Kier alpha value is -2.18. The number of hydrogen-bond donors (Lipinski definition) is 2. The molecule has 72 valence electrons. The molecule has 14 heavy (non-hydrogen) atoms. The lowest BCUT2D eigenvalue weighted by molar-refractivity contribution is -0.118. The van der Waals surface area contributed by atoms with Crippen LogP contribution in [0.4, 0.5) is 5.82 Å². The van der Waals surface area contributed by atoms with Gasteiger partial charge in [-0.3, -0.25) is 4.79 Å². The summed E-state index contributed by atoms with van der Waals surface area (Å²) in [6.45, 7) is 0.0347. The van der Waals surface area contributed by atoms with Crippen LogP contribution in [0.2, 0.25) is 0 Å². The van der Waals surface area contributed by atoms with E-state index in [-0.39, 0.29) is 6.54 Å². The van der Waals surface area contributed by atoms with E-state index < -0.39 is 5.91 Å². The van der Waals surface area contributed by atoms with Crippen LogP contribution < -0.4 is 11.5 Å². The van der Waals surface area contributed by atoms with Gasteiger partial charge in [-0.25, -0.2) is 15.0 Å². The number of primary amides is 1. The number of rotatable bonds is 2. The maximum atomic E-state index is 10.7. The highest BCUT2D eigenvalue weighted by atomic mass is 16.1. The number of aromatic nitrogens is 4. The molecule has 2 aromatic heterocycles. The second-order valence-corrected chi connectivity index (χ2v) is 2.77. The van der Waals surface area contributed by atoms with Crippen LogP contribution in [0, 0.1) is 0 Å². The van der Waals surface area contributed by atoms with E-state index >= 15 is 0 Å². The normalized spacial score (nSPS) is 10.6. The second-order valence-electron chi connectivity index (χ2n) is 2.77. The third-order valence-electron chi connectivity index (χ3n) is 1.76. The fraction of sp³-hybridized carbons (Fsp3) is 0.143. The summed E-state index contributed by atoms with van der Waals surface area (Å²) in [6, 6.07) is 0. The molecule has 4 N–H and O–H groups in total. The Labute approximate surface area is 78.8 Å². The van der Waals surface area contributed by atoms with E-state index in [0.717, 1.165) is 0 Å². The monoisotopic (exact) mass is 192 g/mol. The molecule has 0 atom stereocenters. The van der Waals surface area contributed by atoms with Crippen molar-refractivity contribution in [2.24, 2.45) is 5.73 Å². The summed E-state index contributed by atoms with van der Waals surface area (Å²) in [7, 11) is 0. The van der Waals surface area contributed by atoms with Crippen molar-refractivity contribution in [1.82, 2.24) is 19.5 Å². The van der Waals surface area contributed by atoms with E-state index in [2.05, 4.69) is 15.0 Å². The molecule has 0 unspecified atom stereocenters. The summed E-state index contributed by atoms with van der Waals surface area (Å²) in [4.78, 5) is 22.4. The zero-order valence-corrected chi connectivity index (χ0v) is 7.21. The zero-order valence-electron chi connectivity index (χ0n) is 7.21. The van der Waals surface area contributed by atoms with Gasteiger partial charge in [-0.2, -0.15) is 0 Å². The summed E-state index contributed by atoms with van der Waals surface area (Å²) >= 11 is 0. The van der Waals surface area contributed by atoms with E-state index in [0.29, 0.717) is 17.0 Å². The smallest absolute Gasteiger partial charge is 0.237 e. The molecule has 2 aromatic rings. The number of carbonyl (C=O) groups is 1. The van der Waals surface area contributed by atoms with Gasteiger partial charge in [-0.15, -0.1) is 0 Å². The van der Waals surface area contributed by atoms with Gasteiger partial charge in [0.2, 0.25) is 5.91 Å². The number of carbonyl (C=O) groups excluding carboxylic acids is 1. The van der Waals surface area contributed by atoms with Gasteiger partial charge in [0, 0.05) is 0 Å². The van der Waals surface area contributed by atoms with Crippen LogP contribution in [-0.4, -0.2) is 25.4 Å². The Bertz CT molecular complexity index is 490. The zero-order chi connectivity index (χ0) is 10.1. The molecule has 0 saturated heterocycles. The van der Waals surface area contributed by atoms with Gasteiger partial charge < -0.3 is 16.0 Å². The second kappa shape index (κ2) is 2.95. The molecule has 0 aliphatic carbocycles. The molecule has 0 aromatic carbocycles. The number of nitrogens with two attached hydrogens (primary N) is 2. The maximum Gasteiger partial charge on any atom is 0.237 e. The van der Waals surface area contributed by atoms with Crippen LogP contribution in [-0.2, 0) is 11.3 Å². The summed E-state index contributed by atoms with van der Waals surface area (Å²) < 4.78 is 1.52. The number of nitrogens with zero attached hydrogens (tertiary/aromatic N) is 4. The first-order chi connectivity index (χ1) is 6.68. The van der Waals surface area contributed by atoms with Gasteiger partial charge in [-0.05, 0) is 0 Å². The van der Waals surface area contributed by atoms with Crippen molar-refractivity contribution in [2.75, 3.05) is 5.73 Å². The number of nitrogen functional groups attached to an aromatic ring is 1. The summed E-state index contributed by atoms with van der Waals surface area (Å²) in [5, 5.41) is 0. The third-order valence-corrected chi connectivity index (χ3v) is 1.76. The molecule has 7 nitrogen and oxygen atoms in total. The van der Waals surface area contributed by atoms with Gasteiger partial charge in [0.15, 0.2) is 11.5 Å². The molecule has 0 bridgehead atoms. The molecule has 2 rings (SSSR count). The minimum Gasteiger partial charge on any atom is -0.382 e. The molecule has 2 heterocycles. The van der Waals surface area contributed by atoms with Gasteiger partial charge in [-0.1, -0.05) is 0 Å². The van der Waals surface area contributed by atoms with Crippen LogP contribution >= 0.6 is 0 Å². The minimum atomic E-state index is -0.457. The van der Waals surface area contributed by atoms with Gasteiger partial charge in [0.1, 0.15) is 18.4 Å². The van der Waals surface area contributed by atoms with Crippen molar-refractivity contribution in [1.29, 1.82) is 0 Å². The lowest BCUT2D eigenvalue weighted by Crippen LogP contribution is -2.18. The first kappa shape index (κ1) is 8.42. The highest BCUT2D eigenvalue weighted by molar-refractivity contribution is 5.83. The lowest BCUT2D eigenvalue weighted by atomic mass is 10.5. The van der Waals surface area contributed by atoms with Crippen molar-refractivity contribution >= 4 is 22.9 Å². The average molecular weight is 192 g/mol. The Kier molecular flexibility index (Phi) is 1.77. The number of amides is 1. The molecule has 0 fully saturated rings. The van der Waals surface area contributed by atoms with Crippen molar-refractivity contribution in [3.63, 3.8) is 0 Å². The Balaban J connectivity index is 2.58. The van der Waals surface area contributed by atoms with E-state index in [9.17, 15) is 4.79 Å². The predicted molar refractivity (Wildman–Crippen MR) is 48.9 cm³/mol. The van der Waals surface area contributed by atoms with Crippen molar-refractivity contribution < 1.29 is 4.79 Å². The fourth-order valence-corrected chi connectivity index (χ4v) is 1.18. The quantitative estimate of drug-likeness (QED) is 0.626. The number of anilines is 1. The van der Waals surface area contributed by atoms with Crippen LogP contribution in [0.1, 0.15) is 0 Å². The van der Waals surface area contributed by atoms with Crippen molar-refractivity contribution in [3.05, 3.63) is 12.7 Å². The molecule has 0 spiro atoms. The van der Waals surface area contributed by atoms with E-state index in [1.165, 1.54) is 17.2 Å². The molecule has 1 amide bonds. The number of fused-ring (bicyclic) bond motifs is 1. The average Bonchev–Trinajstić information content (AvgIpc) is 2.49. The van der Waals surface area contributed by atoms with Crippen LogP contribution in [0.5, 0.6) is 0 Å². The fourth-order valence-electron chi connectivity index (χ4n) is 1.18. The van der Waals surface area contributed by atoms with Gasteiger partial charge in [0.05, 0.1) is 6.33 Å². The standard InChI is InChI=1S/C7H8N6O/c8-4(14)1-13-3-12-5-6(9)10-2-11-7(5)13/h2-3H,1H2,(H2,8,14)(H2,9,10,11). The SMILES string of the molecule is NC(=O)Cn1cnc2c(N)ncnc21.